The van der Waals surface area contributed by atoms with Gasteiger partial charge in [-0.25, -0.2) is 9.78 Å². The molecule has 8 nitrogen and oxygen atoms in total. The highest BCUT2D eigenvalue weighted by Crippen LogP contribution is 2.29. The summed E-state index contributed by atoms with van der Waals surface area (Å²) in [5.41, 5.74) is 0. The predicted octanol–water partition coefficient (Wildman–Crippen LogP) is 0.229. The standard InChI is InChI=1S/C12H17N5O3/c1-8-13-11(15-14-8)9-3-2-4-17(9)10(18)7-16-5-6-20-12(16)19/h9H,2-7H2,1H3,(H,13,14,15)/t9-/m1/s1. The van der Waals surface area contributed by atoms with E-state index in [0.717, 1.165) is 18.7 Å². The second-order valence-corrected chi connectivity index (χ2v) is 5.06. The van der Waals surface area contributed by atoms with Crippen LogP contribution in [-0.4, -0.2) is 63.2 Å². The quantitative estimate of drug-likeness (QED) is 0.855. The number of rotatable bonds is 3. The number of aromatic nitrogens is 3. The molecule has 1 aromatic heterocycles. The lowest BCUT2D eigenvalue weighted by atomic mass is 10.2. The maximum absolute atomic E-state index is 12.3. The first kappa shape index (κ1) is 12.9. The van der Waals surface area contributed by atoms with Crippen molar-refractivity contribution in [2.24, 2.45) is 0 Å². The molecule has 2 saturated heterocycles. The second-order valence-electron chi connectivity index (χ2n) is 5.06. The summed E-state index contributed by atoms with van der Waals surface area (Å²) in [5.74, 6) is 1.31. The summed E-state index contributed by atoms with van der Waals surface area (Å²) in [6, 6.07) is -0.0916. The van der Waals surface area contributed by atoms with E-state index in [9.17, 15) is 9.59 Å². The lowest BCUT2D eigenvalue weighted by molar-refractivity contribution is -0.132. The van der Waals surface area contributed by atoms with Crippen molar-refractivity contribution in [3.63, 3.8) is 0 Å². The highest BCUT2D eigenvalue weighted by Gasteiger charge is 2.34. The Morgan fingerprint density at radius 1 is 1.50 bits per heavy atom. The van der Waals surface area contributed by atoms with Gasteiger partial charge < -0.3 is 9.64 Å². The molecule has 0 unspecified atom stereocenters. The lowest BCUT2D eigenvalue weighted by Crippen LogP contribution is -2.40. The molecule has 2 amide bonds. The van der Waals surface area contributed by atoms with Gasteiger partial charge in [0.1, 0.15) is 19.0 Å². The van der Waals surface area contributed by atoms with E-state index >= 15 is 0 Å². The fourth-order valence-electron chi connectivity index (χ4n) is 2.67. The molecule has 0 saturated carbocycles. The average molecular weight is 279 g/mol. The number of aromatic amines is 1. The third-order valence-corrected chi connectivity index (χ3v) is 3.66. The largest absolute Gasteiger partial charge is 0.448 e. The van der Waals surface area contributed by atoms with Crippen LogP contribution in [0.3, 0.4) is 0 Å². The van der Waals surface area contributed by atoms with E-state index < -0.39 is 6.09 Å². The summed E-state index contributed by atoms with van der Waals surface area (Å²) in [6.07, 6.45) is 1.37. The number of carbonyl (C=O) groups is 2. The molecule has 1 atom stereocenters. The number of ether oxygens (including phenoxy) is 1. The Morgan fingerprint density at radius 2 is 2.35 bits per heavy atom. The summed E-state index contributed by atoms with van der Waals surface area (Å²) in [6.45, 7) is 3.41. The predicted molar refractivity (Wildman–Crippen MR) is 67.7 cm³/mol. The molecule has 0 spiro atoms. The van der Waals surface area contributed by atoms with Crippen LogP contribution in [0.2, 0.25) is 0 Å². The number of H-pyrrole nitrogens is 1. The van der Waals surface area contributed by atoms with Gasteiger partial charge in [0.2, 0.25) is 5.91 Å². The molecule has 108 valence electrons. The molecule has 0 aromatic carbocycles. The van der Waals surface area contributed by atoms with Crippen molar-refractivity contribution in [3.8, 4) is 0 Å². The van der Waals surface area contributed by atoms with Crippen LogP contribution in [-0.2, 0) is 9.53 Å². The van der Waals surface area contributed by atoms with Crippen LogP contribution in [0.25, 0.3) is 0 Å². The van der Waals surface area contributed by atoms with Crippen LogP contribution >= 0.6 is 0 Å². The highest BCUT2D eigenvalue weighted by atomic mass is 16.6. The highest BCUT2D eigenvalue weighted by molar-refractivity contribution is 5.83. The van der Waals surface area contributed by atoms with Crippen LogP contribution in [0, 0.1) is 6.92 Å². The molecule has 20 heavy (non-hydrogen) atoms. The van der Waals surface area contributed by atoms with E-state index in [1.807, 2.05) is 6.92 Å². The Hall–Kier alpha value is -2.12. The Labute approximate surface area is 116 Å². The number of amides is 2. The van der Waals surface area contributed by atoms with Crippen LogP contribution in [0.1, 0.15) is 30.5 Å². The minimum atomic E-state index is -0.414. The fourth-order valence-corrected chi connectivity index (χ4v) is 2.67. The van der Waals surface area contributed by atoms with Crippen molar-refractivity contribution < 1.29 is 14.3 Å². The normalized spacial score (nSPS) is 22.4. The minimum Gasteiger partial charge on any atom is -0.448 e. The van der Waals surface area contributed by atoms with Crippen molar-refractivity contribution >= 4 is 12.0 Å². The van der Waals surface area contributed by atoms with Gasteiger partial charge in [-0.3, -0.25) is 14.8 Å². The molecular weight excluding hydrogens is 262 g/mol. The molecule has 3 heterocycles. The van der Waals surface area contributed by atoms with E-state index in [1.165, 1.54) is 4.90 Å². The van der Waals surface area contributed by atoms with Gasteiger partial charge in [-0.2, -0.15) is 5.10 Å². The summed E-state index contributed by atoms with van der Waals surface area (Å²) >= 11 is 0. The molecule has 2 aliphatic heterocycles. The van der Waals surface area contributed by atoms with E-state index in [-0.39, 0.29) is 18.5 Å². The van der Waals surface area contributed by atoms with Crippen LogP contribution in [0.4, 0.5) is 4.79 Å². The van der Waals surface area contributed by atoms with Crippen molar-refractivity contribution in [3.05, 3.63) is 11.6 Å². The fraction of sp³-hybridized carbons (Fsp3) is 0.667. The Bertz CT molecular complexity index is 529. The van der Waals surface area contributed by atoms with Crippen molar-refractivity contribution in [2.45, 2.75) is 25.8 Å². The maximum atomic E-state index is 12.3. The first-order chi connectivity index (χ1) is 9.65. The molecule has 3 rings (SSSR count). The van der Waals surface area contributed by atoms with Crippen LogP contribution in [0.15, 0.2) is 0 Å². The third kappa shape index (κ3) is 2.33. The molecule has 2 aliphatic rings. The Balaban J connectivity index is 1.68. The van der Waals surface area contributed by atoms with Gasteiger partial charge in [-0.1, -0.05) is 0 Å². The minimum absolute atomic E-state index is 0.0682. The summed E-state index contributed by atoms with van der Waals surface area (Å²) in [4.78, 5) is 31.2. The van der Waals surface area contributed by atoms with E-state index in [2.05, 4.69) is 15.2 Å². The first-order valence-electron chi connectivity index (χ1n) is 6.75. The topological polar surface area (TPSA) is 91.4 Å². The molecule has 0 bridgehead atoms. The SMILES string of the molecule is Cc1nc([C@H]2CCCN2C(=O)CN2CCOC2=O)n[nH]1. The summed E-state index contributed by atoms with van der Waals surface area (Å²) < 4.78 is 4.83. The summed E-state index contributed by atoms with van der Waals surface area (Å²) in [5, 5.41) is 6.94. The zero-order valence-corrected chi connectivity index (χ0v) is 11.3. The van der Waals surface area contributed by atoms with Gasteiger partial charge in [0.25, 0.3) is 0 Å². The lowest BCUT2D eigenvalue weighted by Gasteiger charge is -2.24. The van der Waals surface area contributed by atoms with Gasteiger partial charge in [0.05, 0.1) is 12.6 Å². The number of likely N-dealkylation sites (tertiary alicyclic amines) is 1. The number of hydrogen-bond donors (Lipinski definition) is 1. The van der Waals surface area contributed by atoms with Crippen molar-refractivity contribution in [1.29, 1.82) is 0 Å². The van der Waals surface area contributed by atoms with E-state index in [0.29, 0.717) is 25.5 Å². The summed E-state index contributed by atoms with van der Waals surface area (Å²) in [7, 11) is 0. The van der Waals surface area contributed by atoms with Gasteiger partial charge >= 0.3 is 6.09 Å². The first-order valence-corrected chi connectivity index (χ1v) is 6.75. The van der Waals surface area contributed by atoms with Gasteiger partial charge in [-0.15, -0.1) is 0 Å². The monoisotopic (exact) mass is 279 g/mol. The number of nitrogens with one attached hydrogen (secondary N) is 1. The number of carbonyl (C=O) groups excluding carboxylic acids is 2. The number of nitrogens with zero attached hydrogens (tertiary/aromatic N) is 4. The molecule has 2 fully saturated rings. The molecule has 0 aliphatic carbocycles. The third-order valence-electron chi connectivity index (χ3n) is 3.66. The van der Waals surface area contributed by atoms with Crippen molar-refractivity contribution in [1.82, 2.24) is 25.0 Å². The molecule has 8 heteroatoms. The van der Waals surface area contributed by atoms with Crippen LogP contribution in [0.5, 0.6) is 0 Å². The molecule has 0 radical (unpaired) electrons. The molecular formula is C12H17N5O3. The maximum Gasteiger partial charge on any atom is 0.410 e. The number of cyclic esters (lactones) is 1. The van der Waals surface area contributed by atoms with Gasteiger partial charge in [-0.05, 0) is 19.8 Å². The Kier molecular flexibility index (Phi) is 3.29. The van der Waals surface area contributed by atoms with E-state index in [1.54, 1.807) is 4.90 Å². The number of aryl methyl sites for hydroxylation is 1. The van der Waals surface area contributed by atoms with Gasteiger partial charge in [0, 0.05) is 6.54 Å². The van der Waals surface area contributed by atoms with Crippen molar-refractivity contribution in [2.75, 3.05) is 26.2 Å². The van der Waals surface area contributed by atoms with Crippen LogP contribution < -0.4 is 0 Å². The smallest absolute Gasteiger partial charge is 0.410 e. The Morgan fingerprint density at radius 3 is 3.00 bits per heavy atom. The average Bonchev–Trinajstić information content (AvgIpc) is 3.11. The second kappa shape index (κ2) is 5.10. The zero-order chi connectivity index (χ0) is 14.1. The molecule has 1 aromatic rings. The van der Waals surface area contributed by atoms with Gasteiger partial charge in [0.15, 0.2) is 5.82 Å². The zero-order valence-electron chi connectivity index (χ0n) is 11.3. The molecule has 1 N–H and O–H groups in total. The van der Waals surface area contributed by atoms with E-state index in [4.69, 9.17) is 4.74 Å². The number of hydrogen-bond acceptors (Lipinski definition) is 5.